The molecule has 0 radical (unpaired) electrons. The zero-order valence-corrected chi connectivity index (χ0v) is 10.7. The van der Waals surface area contributed by atoms with Crippen molar-refractivity contribution in [1.29, 1.82) is 0 Å². The molecule has 2 unspecified atom stereocenters. The molecule has 1 fully saturated rings. The molecular weight excluding hydrogens is 246 g/mol. The summed E-state index contributed by atoms with van der Waals surface area (Å²) in [5.74, 6) is 1.12. The van der Waals surface area contributed by atoms with E-state index < -0.39 is 16.8 Å². The maximum Gasteiger partial charge on any atom is 0.327 e. The number of imidazole rings is 1. The highest BCUT2D eigenvalue weighted by atomic mass is 16.2. The van der Waals surface area contributed by atoms with Gasteiger partial charge in [-0.2, -0.15) is 0 Å². The first kappa shape index (κ1) is 12.2. The van der Waals surface area contributed by atoms with Crippen LogP contribution in [0.15, 0.2) is 9.59 Å². The molecule has 0 bridgehead atoms. The molecule has 0 spiro atoms. The SMILES string of the molecule is CC1CCCC(N)(c2nc3[nH]c(=O)[nH]c(=O)c3[nH]2)C1. The molecule has 2 heterocycles. The van der Waals surface area contributed by atoms with Gasteiger partial charge in [-0.15, -0.1) is 0 Å². The zero-order valence-electron chi connectivity index (χ0n) is 10.7. The smallest absolute Gasteiger partial charge is 0.327 e. The highest BCUT2D eigenvalue weighted by Crippen LogP contribution is 2.36. The third-order valence-electron chi connectivity index (χ3n) is 3.89. The molecule has 0 aromatic carbocycles. The highest BCUT2D eigenvalue weighted by molar-refractivity contribution is 5.68. The summed E-state index contributed by atoms with van der Waals surface area (Å²) in [5, 5.41) is 0. The maximum absolute atomic E-state index is 11.7. The first-order valence-corrected chi connectivity index (χ1v) is 6.50. The van der Waals surface area contributed by atoms with E-state index in [4.69, 9.17) is 5.73 Å². The number of aromatic nitrogens is 4. The molecule has 7 heteroatoms. The van der Waals surface area contributed by atoms with Crippen molar-refractivity contribution in [2.75, 3.05) is 0 Å². The fourth-order valence-corrected chi connectivity index (χ4v) is 2.98. The van der Waals surface area contributed by atoms with Gasteiger partial charge in [-0.05, 0) is 18.8 Å². The van der Waals surface area contributed by atoms with Crippen LogP contribution < -0.4 is 17.0 Å². The van der Waals surface area contributed by atoms with Gasteiger partial charge in [0.25, 0.3) is 5.56 Å². The first-order chi connectivity index (χ1) is 8.98. The molecule has 3 rings (SSSR count). The number of fused-ring (bicyclic) bond motifs is 1. The Bertz CT molecular complexity index is 728. The Labute approximate surface area is 108 Å². The fourth-order valence-electron chi connectivity index (χ4n) is 2.98. The average molecular weight is 263 g/mol. The molecule has 5 N–H and O–H groups in total. The number of aromatic amines is 3. The lowest BCUT2D eigenvalue weighted by Crippen LogP contribution is -2.42. The number of hydrogen-bond donors (Lipinski definition) is 4. The minimum absolute atomic E-state index is 0.270. The van der Waals surface area contributed by atoms with Crippen molar-refractivity contribution >= 4 is 11.2 Å². The van der Waals surface area contributed by atoms with Crippen molar-refractivity contribution in [2.45, 2.75) is 38.1 Å². The summed E-state index contributed by atoms with van der Waals surface area (Å²) in [6.07, 6.45) is 3.87. The molecule has 0 amide bonds. The van der Waals surface area contributed by atoms with Crippen LogP contribution in [0.25, 0.3) is 11.2 Å². The third-order valence-corrected chi connectivity index (χ3v) is 3.89. The second-order valence-electron chi connectivity index (χ2n) is 5.57. The van der Waals surface area contributed by atoms with Gasteiger partial charge in [-0.3, -0.25) is 14.8 Å². The van der Waals surface area contributed by atoms with Gasteiger partial charge in [0, 0.05) is 0 Å². The summed E-state index contributed by atoms with van der Waals surface area (Å²) < 4.78 is 0. The molecule has 1 saturated carbocycles. The predicted octanol–water partition coefficient (Wildman–Crippen LogP) is 0.304. The summed E-state index contributed by atoms with van der Waals surface area (Å²) in [6.45, 7) is 2.16. The number of nitrogens with zero attached hydrogens (tertiary/aromatic N) is 1. The van der Waals surface area contributed by atoms with Crippen LogP contribution in [-0.2, 0) is 5.54 Å². The van der Waals surface area contributed by atoms with Crippen LogP contribution in [0.3, 0.4) is 0 Å². The number of hydrogen-bond acceptors (Lipinski definition) is 4. The van der Waals surface area contributed by atoms with Crippen molar-refractivity contribution in [2.24, 2.45) is 11.7 Å². The molecule has 102 valence electrons. The molecule has 2 aromatic rings. The van der Waals surface area contributed by atoms with Gasteiger partial charge in [0.05, 0.1) is 5.54 Å². The lowest BCUT2D eigenvalue weighted by molar-refractivity contribution is 0.230. The lowest BCUT2D eigenvalue weighted by atomic mass is 9.76. The average Bonchev–Trinajstić information content (AvgIpc) is 2.73. The summed E-state index contributed by atoms with van der Waals surface area (Å²) in [6, 6.07) is 0. The van der Waals surface area contributed by atoms with Gasteiger partial charge in [0.15, 0.2) is 5.65 Å². The number of H-pyrrole nitrogens is 3. The van der Waals surface area contributed by atoms with Crippen LogP contribution in [0.1, 0.15) is 38.4 Å². The van der Waals surface area contributed by atoms with Crippen LogP contribution in [0.5, 0.6) is 0 Å². The van der Waals surface area contributed by atoms with E-state index in [1.54, 1.807) is 0 Å². The molecule has 19 heavy (non-hydrogen) atoms. The molecule has 1 aliphatic rings. The molecule has 1 aliphatic carbocycles. The Hall–Kier alpha value is -1.89. The highest BCUT2D eigenvalue weighted by Gasteiger charge is 2.35. The summed E-state index contributed by atoms with van der Waals surface area (Å²) >= 11 is 0. The molecule has 2 atom stereocenters. The molecule has 0 aliphatic heterocycles. The van der Waals surface area contributed by atoms with Crippen molar-refractivity contribution in [3.05, 3.63) is 26.7 Å². The second kappa shape index (κ2) is 4.06. The second-order valence-corrected chi connectivity index (χ2v) is 5.57. The maximum atomic E-state index is 11.7. The minimum atomic E-state index is -0.557. The monoisotopic (exact) mass is 263 g/mol. The van der Waals surface area contributed by atoms with Gasteiger partial charge in [0.1, 0.15) is 11.3 Å². The quantitative estimate of drug-likeness (QED) is 0.591. The van der Waals surface area contributed by atoms with Crippen LogP contribution in [0, 0.1) is 5.92 Å². The Morgan fingerprint density at radius 3 is 2.84 bits per heavy atom. The number of rotatable bonds is 1. The van der Waals surface area contributed by atoms with E-state index in [0.29, 0.717) is 11.7 Å². The van der Waals surface area contributed by atoms with E-state index in [1.165, 1.54) is 0 Å². The van der Waals surface area contributed by atoms with Gasteiger partial charge in [-0.1, -0.05) is 19.8 Å². The molecular formula is C12H17N5O2. The Kier molecular flexibility index (Phi) is 2.60. The lowest BCUT2D eigenvalue weighted by Gasteiger charge is -2.34. The molecule has 2 aromatic heterocycles. The number of nitrogens with two attached hydrogens (primary N) is 1. The predicted molar refractivity (Wildman–Crippen MR) is 70.8 cm³/mol. The Morgan fingerprint density at radius 2 is 2.11 bits per heavy atom. The van der Waals surface area contributed by atoms with Crippen LogP contribution in [0.2, 0.25) is 0 Å². The number of nitrogens with one attached hydrogen (secondary N) is 3. The third kappa shape index (κ3) is 1.99. The van der Waals surface area contributed by atoms with E-state index in [2.05, 4.69) is 26.9 Å². The van der Waals surface area contributed by atoms with Crippen molar-refractivity contribution in [3.63, 3.8) is 0 Å². The molecule has 7 nitrogen and oxygen atoms in total. The van der Waals surface area contributed by atoms with E-state index in [-0.39, 0.29) is 11.2 Å². The topological polar surface area (TPSA) is 120 Å². The van der Waals surface area contributed by atoms with E-state index in [0.717, 1.165) is 25.7 Å². The van der Waals surface area contributed by atoms with Gasteiger partial charge in [0.2, 0.25) is 0 Å². The van der Waals surface area contributed by atoms with Gasteiger partial charge < -0.3 is 10.7 Å². The fraction of sp³-hybridized carbons (Fsp3) is 0.583. The Morgan fingerprint density at radius 1 is 1.32 bits per heavy atom. The van der Waals surface area contributed by atoms with E-state index in [9.17, 15) is 9.59 Å². The van der Waals surface area contributed by atoms with Gasteiger partial charge >= 0.3 is 5.69 Å². The summed E-state index contributed by atoms with van der Waals surface area (Å²) in [5.41, 5.74) is 5.40. The van der Waals surface area contributed by atoms with Crippen LogP contribution in [0.4, 0.5) is 0 Å². The Balaban J connectivity index is 2.13. The van der Waals surface area contributed by atoms with E-state index >= 15 is 0 Å². The van der Waals surface area contributed by atoms with Crippen molar-refractivity contribution in [1.82, 2.24) is 19.9 Å². The standard InChI is InChI=1S/C12H17N5O2/c1-6-3-2-4-12(13,5-6)10-14-7-8(15-10)16-11(19)17-9(7)18/h6H,2-5,13H2,1H3,(H3,14,15,16,17,18,19). The van der Waals surface area contributed by atoms with Crippen molar-refractivity contribution < 1.29 is 0 Å². The summed E-state index contributed by atoms with van der Waals surface area (Å²) in [7, 11) is 0. The van der Waals surface area contributed by atoms with Crippen LogP contribution >= 0.6 is 0 Å². The van der Waals surface area contributed by atoms with E-state index in [1.807, 2.05) is 0 Å². The largest absolute Gasteiger partial charge is 0.335 e. The first-order valence-electron chi connectivity index (χ1n) is 6.50. The zero-order chi connectivity index (χ0) is 13.6. The van der Waals surface area contributed by atoms with Crippen LogP contribution in [-0.4, -0.2) is 19.9 Å². The van der Waals surface area contributed by atoms with Gasteiger partial charge in [-0.25, -0.2) is 9.78 Å². The normalized spacial score (nSPS) is 27.8. The molecule has 0 saturated heterocycles. The summed E-state index contributed by atoms with van der Waals surface area (Å²) in [4.78, 5) is 34.9. The minimum Gasteiger partial charge on any atom is -0.335 e. The van der Waals surface area contributed by atoms with Crippen molar-refractivity contribution in [3.8, 4) is 0 Å².